The molecule has 7 nitrogen and oxygen atoms in total. The van der Waals surface area contributed by atoms with E-state index in [1.807, 2.05) is 105 Å². The highest BCUT2D eigenvalue weighted by atomic mass is 35.5. The Hall–Kier alpha value is -4.72. The highest BCUT2D eigenvalue weighted by Gasteiger charge is 2.31. The molecular formula is C34H28Cl2N4O3. The van der Waals surface area contributed by atoms with E-state index in [1.54, 1.807) is 12.1 Å². The Morgan fingerprint density at radius 2 is 1.21 bits per heavy atom. The first-order chi connectivity index (χ1) is 20.8. The van der Waals surface area contributed by atoms with Crippen molar-refractivity contribution in [2.45, 2.75) is 26.4 Å². The number of nitrogens with one attached hydrogen (secondary N) is 2. The molecule has 0 bridgehead atoms. The molecule has 0 aliphatic heterocycles. The van der Waals surface area contributed by atoms with Crippen molar-refractivity contribution < 1.29 is 4.74 Å². The average molecular weight is 612 g/mol. The lowest BCUT2D eigenvalue weighted by Gasteiger charge is -2.17. The Morgan fingerprint density at radius 3 is 1.70 bits per heavy atom. The second-order valence-corrected chi connectivity index (χ2v) is 11.1. The third-order valence-corrected chi connectivity index (χ3v) is 8.05. The van der Waals surface area contributed by atoms with Crippen molar-refractivity contribution in [2.24, 2.45) is 0 Å². The number of aromatic amines is 2. The Bertz CT molecular complexity index is 1910. The molecular weight excluding hydrogens is 583 g/mol. The van der Waals surface area contributed by atoms with E-state index in [0.717, 1.165) is 11.1 Å². The van der Waals surface area contributed by atoms with Crippen LogP contribution in [0.25, 0.3) is 11.4 Å². The van der Waals surface area contributed by atoms with Crippen LogP contribution in [0, 0.1) is 13.8 Å². The van der Waals surface area contributed by atoms with Crippen molar-refractivity contribution in [3.8, 4) is 17.1 Å². The van der Waals surface area contributed by atoms with Gasteiger partial charge >= 0.3 is 0 Å². The van der Waals surface area contributed by atoms with E-state index in [0.29, 0.717) is 49.7 Å². The maximum Gasteiger partial charge on any atom is 0.275 e. The minimum Gasteiger partial charge on any atom is -0.489 e. The number of H-pyrrole nitrogens is 2. The van der Waals surface area contributed by atoms with Crippen molar-refractivity contribution in [1.29, 1.82) is 0 Å². The van der Waals surface area contributed by atoms with Crippen LogP contribution in [-0.4, -0.2) is 19.6 Å². The van der Waals surface area contributed by atoms with E-state index in [2.05, 4.69) is 10.2 Å². The Kier molecular flexibility index (Phi) is 7.84. The molecule has 216 valence electrons. The normalized spacial score (nSPS) is 11.3. The monoisotopic (exact) mass is 610 g/mol. The Labute approximate surface area is 257 Å². The van der Waals surface area contributed by atoms with Crippen LogP contribution in [0.1, 0.15) is 39.6 Å². The summed E-state index contributed by atoms with van der Waals surface area (Å²) in [5, 5.41) is 7.53. The van der Waals surface area contributed by atoms with Crippen molar-refractivity contribution in [3.05, 3.63) is 168 Å². The number of nitrogens with zero attached hydrogens (tertiary/aromatic N) is 2. The standard InChI is InChI=1S/C34H28Cl2N4O3/c1-21-30(33(41)39(37-21)26-9-5-3-6-10-26)32(31-22(2)38-40(34(31)42)27-11-7-4-8-12-27)23-14-17-28(18-15-23)43-20-24-13-16-25(35)19-29(24)36/h3-19,32,37-38H,20H2,1-2H3. The predicted molar refractivity (Wildman–Crippen MR) is 170 cm³/mol. The molecule has 0 saturated heterocycles. The fourth-order valence-corrected chi connectivity index (χ4v) is 5.81. The van der Waals surface area contributed by atoms with Gasteiger partial charge in [-0.3, -0.25) is 19.8 Å². The number of ether oxygens (including phenoxy) is 1. The van der Waals surface area contributed by atoms with Crippen LogP contribution < -0.4 is 15.9 Å². The van der Waals surface area contributed by atoms with Crippen molar-refractivity contribution in [3.63, 3.8) is 0 Å². The third-order valence-electron chi connectivity index (χ3n) is 7.46. The quantitative estimate of drug-likeness (QED) is 0.189. The van der Waals surface area contributed by atoms with Crippen LogP contribution in [0.4, 0.5) is 0 Å². The lowest BCUT2D eigenvalue weighted by atomic mass is 9.85. The molecule has 43 heavy (non-hydrogen) atoms. The summed E-state index contributed by atoms with van der Waals surface area (Å²) in [5.41, 5.74) is 4.86. The van der Waals surface area contributed by atoms with Gasteiger partial charge in [-0.05, 0) is 67.9 Å². The average Bonchev–Trinajstić information content (AvgIpc) is 3.48. The highest BCUT2D eigenvalue weighted by Crippen LogP contribution is 2.33. The van der Waals surface area contributed by atoms with Crippen LogP contribution in [0.3, 0.4) is 0 Å². The summed E-state index contributed by atoms with van der Waals surface area (Å²) in [4.78, 5) is 28.1. The fourth-order valence-electron chi connectivity index (χ4n) is 5.35. The zero-order chi connectivity index (χ0) is 30.1. The number of aryl methyl sites for hydroxylation is 2. The van der Waals surface area contributed by atoms with E-state index in [-0.39, 0.29) is 17.7 Å². The summed E-state index contributed by atoms with van der Waals surface area (Å²) < 4.78 is 9.04. The highest BCUT2D eigenvalue weighted by molar-refractivity contribution is 6.35. The molecule has 0 unspecified atom stereocenters. The van der Waals surface area contributed by atoms with Gasteiger partial charge in [0.05, 0.1) is 22.5 Å². The number of para-hydroxylation sites is 2. The third kappa shape index (κ3) is 5.57. The summed E-state index contributed by atoms with van der Waals surface area (Å²) in [6, 6.07) is 31.5. The molecule has 2 heterocycles. The number of hydrogen-bond donors (Lipinski definition) is 2. The maximum absolute atomic E-state index is 14.0. The lowest BCUT2D eigenvalue weighted by molar-refractivity contribution is 0.306. The van der Waals surface area contributed by atoms with E-state index >= 15 is 0 Å². The Balaban J connectivity index is 1.44. The number of halogens is 2. The molecule has 2 aromatic heterocycles. The van der Waals surface area contributed by atoms with Gasteiger partial charge in [-0.1, -0.05) is 77.8 Å². The summed E-state index contributed by atoms with van der Waals surface area (Å²) in [6.45, 7) is 3.97. The van der Waals surface area contributed by atoms with Crippen molar-refractivity contribution in [1.82, 2.24) is 19.6 Å². The van der Waals surface area contributed by atoms with Gasteiger partial charge in [0.15, 0.2) is 0 Å². The summed E-state index contributed by atoms with van der Waals surface area (Å²) >= 11 is 12.3. The molecule has 0 spiro atoms. The molecule has 6 rings (SSSR count). The SMILES string of the molecule is Cc1[nH]n(-c2ccccc2)c(=O)c1C(c1ccc(OCc2ccc(Cl)cc2Cl)cc1)c1c(C)[nH]n(-c2ccccc2)c1=O. The fraction of sp³-hybridized carbons (Fsp3) is 0.118. The van der Waals surface area contributed by atoms with Gasteiger partial charge in [0, 0.05) is 32.9 Å². The second-order valence-electron chi connectivity index (χ2n) is 10.3. The van der Waals surface area contributed by atoms with Crippen molar-refractivity contribution in [2.75, 3.05) is 0 Å². The zero-order valence-corrected chi connectivity index (χ0v) is 25.0. The second kappa shape index (κ2) is 11.9. The number of benzene rings is 4. The lowest BCUT2D eigenvalue weighted by Crippen LogP contribution is -2.25. The first-order valence-electron chi connectivity index (χ1n) is 13.7. The summed E-state index contributed by atoms with van der Waals surface area (Å²) in [6.07, 6.45) is 0. The zero-order valence-electron chi connectivity index (χ0n) is 23.5. The largest absolute Gasteiger partial charge is 0.489 e. The van der Waals surface area contributed by atoms with Crippen LogP contribution in [-0.2, 0) is 6.61 Å². The topological polar surface area (TPSA) is 84.8 Å². The maximum atomic E-state index is 14.0. The van der Waals surface area contributed by atoms with Gasteiger partial charge in [-0.25, -0.2) is 9.36 Å². The number of rotatable bonds is 8. The van der Waals surface area contributed by atoms with E-state index in [9.17, 15) is 9.59 Å². The van der Waals surface area contributed by atoms with Crippen LogP contribution in [0.2, 0.25) is 10.0 Å². The van der Waals surface area contributed by atoms with Crippen LogP contribution in [0.5, 0.6) is 5.75 Å². The summed E-state index contributed by atoms with van der Waals surface area (Å²) in [7, 11) is 0. The molecule has 2 N–H and O–H groups in total. The predicted octanol–water partition coefficient (Wildman–Crippen LogP) is 7.33. The van der Waals surface area contributed by atoms with Crippen LogP contribution >= 0.6 is 23.2 Å². The van der Waals surface area contributed by atoms with E-state index in [1.165, 1.54) is 9.36 Å². The first-order valence-corrected chi connectivity index (χ1v) is 14.5. The molecule has 0 atom stereocenters. The first kappa shape index (κ1) is 28.4. The van der Waals surface area contributed by atoms with Crippen LogP contribution in [0.15, 0.2) is 113 Å². The van der Waals surface area contributed by atoms with Crippen molar-refractivity contribution >= 4 is 23.2 Å². The number of aromatic nitrogens is 4. The molecule has 0 saturated carbocycles. The molecule has 0 amide bonds. The molecule has 0 radical (unpaired) electrons. The minimum atomic E-state index is -0.651. The van der Waals surface area contributed by atoms with E-state index < -0.39 is 5.92 Å². The van der Waals surface area contributed by atoms with E-state index in [4.69, 9.17) is 27.9 Å². The molecule has 6 aromatic rings. The summed E-state index contributed by atoms with van der Waals surface area (Å²) in [5.74, 6) is -0.0318. The van der Waals surface area contributed by atoms with Gasteiger partial charge in [0.25, 0.3) is 11.1 Å². The van der Waals surface area contributed by atoms with Gasteiger partial charge in [-0.2, -0.15) is 0 Å². The minimum absolute atomic E-state index is 0.224. The molecule has 9 heteroatoms. The Morgan fingerprint density at radius 1 is 0.698 bits per heavy atom. The molecule has 0 fully saturated rings. The van der Waals surface area contributed by atoms with Gasteiger partial charge < -0.3 is 4.74 Å². The molecule has 0 aliphatic rings. The smallest absolute Gasteiger partial charge is 0.275 e. The molecule has 0 aliphatic carbocycles. The van der Waals surface area contributed by atoms with Gasteiger partial charge in [-0.15, -0.1) is 0 Å². The van der Waals surface area contributed by atoms with Gasteiger partial charge in [0.1, 0.15) is 12.4 Å². The number of hydrogen-bond acceptors (Lipinski definition) is 3. The molecule has 4 aromatic carbocycles. The van der Waals surface area contributed by atoms with Gasteiger partial charge in [0.2, 0.25) is 0 Å².